The molecule has 1 saturated heterocycles. The van der Waals surface area contributed by atoms with Crippen molar-refractivity contribution in [2.45, 2.75) is 0 Å². The van der Waals surface area contributed by atoms with Crippen LogP contribution in [-0.2, 0) is 4.79 Å². The number of hydrogen-bond donors (Lipinski definition) is 2. The van der Waals surface area contributed by atoms with Gasteiger partial charge >= 0.3 is 0 Å². The molecule has 0 atom stereocenters. The van der Waals surface area contributed by atoms with Gasteiger partial charge < -0.3 is 19.7 Å². The number of nitrogens with zero attached hydrogens (tertiary/aromatic N) is 2. The van der Waals surface area contributed by atoms with Crippen molar-refractivity contribution in [3.05, 3.63) is 52.4 Å². The van der Waals surface area contributed by atoms with E-state index in [-0.39, 0.29) is 15.8 Å². The first-order valence-corrected chi connectivity index (χ1v) is 9.21. The van der Waals surface area contributed by atoms with Gasteiger partial charge in [0.2, 0.25) is 0 Å². The van der Waals surface area contributed by atoms with E-state index in [0.29, 0.717) is 27.5 Å². The lowest BCUT2D eigenvalue weighted by molar-refractivity contribution is -0.122. The minimum Gasteiger partial charge on any atom is -0.508 e. The third-order valence-electron chi connectivity index (χ3n) is 3.83. The van der Waals surface area contributed by atoms with Crippen LogP contribution in [0.15, 0.2) is 46.4 Å². The molecule has 2 N–H and O–H groups in total. The van der Waals surface area contributed by atoms with Crippen LogP contribution in [0.4, 0.5) is 0 Å². The maximum atomic E-state index is 12.6. The summed E-state index contributed by atoms with van der Waals surface area (Å²) in [6, 6.07) is 9.33. The SMILES string of the molecule is COc1ccc(/C=N/N2C(=O)/C(=C\c3ccc(O)cc3O)SC2=S)c(OC)c1. The highest BCUT2D eigenvalue weighted by molar-refractivity contribution is 8.26. The second-order valence-electron chi connectivity index (χ2n) is 5.59. The summed E-state index contributed by atoms with van der Waals surface area (Å²) < 4.78 is 10.7. The quantitative estimate of drug-likeness (QED) is 0.439. The molecule has 9 heteroatoms. The lowest BCUT2D eigenvalue weighted by atomic mass is 10.1. The summed E-state index contributed by atoms with van der Waals surface area (Å²) in [5.41, 5.74) is 1.04. The van der Waals surface area contributed by atoms with Crippen LogP contribution >= 0.6 is 24.0 Å². The first kappa shape index (κ1) is 19.7. The molecule has 0 unspecified atom stereocenters. The first-order chi connectivity index (χ1) is 13.4. The lowest BCUT2D eigenvalue weighted by Gasteiger charge is -2.09. The first-order valence-electron chi connectivity index (χ1n) is 7.99. The van der Waals surface area contributed by atoms with Crippen molar-refractivity contribution < 1.29 is 24.5 Å². The summed E-state index contributed by atoms with van der Waals surface area (Å²) in [5.74, 6) is 0.553. The van der Waals surface area contributed by atoms with Gasteiger partial charge in [-0.3, -0.25) is 4.79 Å². The van der Waals surface area contributed by atoms with E-state index in [9.17, 15) is 15.0 Å². The van der Waals surface area contributed by atoms with E-state index >= 15 is 0 Å². The molecule has 1 fully saturated rings. The highest BCUT2D eigenvalue weighted by Crippen LogP contribution is 2.35. The van der Waals surface area contributed by atoms with Crippen molar-refractivity contribution in [3.63, 3.8) is 0 Å². The minimum absolute atomic E-state index is 0.0692. The normalized spacial score (nSPS) is 15.6. The van der Waals surface area contributed by atoms with Crippen LogP contribution in [0.3, 0.4) is 0 Å². The van der Waals surface area contributed by atoms with Gasteiger partial charge in [-0.15, -0.1) is 0 Å². The molecule has 1 heterocycles. The fraction of sp³-hybridized carbons (Fsp3) is 0.105. The molecule has 0 spiro atoms. The molecule has 7 nitrogen and oxygen atoms in total. The van der Waals surface area contributed by atoms with Crippen LogP contribution in [0, 0.1) is 0 Å². The number of carbonyl (C=O) groups is 1. The Morgan fingerprint density at radius 2 is 1.86 bits per heavy atom. The smallest absolute Gasteiger partial charge is 0.286 e. The number of thioether (sulfide) groups is 1. The van der Waals surface area contributed by atoms with Gasteiger partial charge in [-0.2, -0.15) is 10.1 Å². The fourth-order valence-electron chi connectivity index (χ4n) is 2.40. The predicted octanol–water partition coefficient (Wildman–Crippen LogP) is 3.35. The van der Waals surface area contributed by atoms with Gasteiger partial charge in [0.15, 0.2) is 4.32 Å². The summed E-state index contributed by atoms with van der Waals surface area (Å²) in [6.45, 7) is 0. The fourth-order valence-corrected chi connectivity index (χ4v) is 3.56. The molecule has 28 heavy (non-hydrogen) atoms. The number of ether oxygens (including phenoxy) is 2. The number of carbonyl (C=O) groups excluding carboxylic acids is 1. The Balaban J connectivity index is 1.84. The van der Waals surface area contributed by atoms with Crippen LogP contribution in [0.25, 0.3) is 6.08 Å². The lowest BCUT2D eigenvalue weighted by Crippen LogP contribution is -2.22. The molecule has 2 aromatic rings. The molecular weight excluding hydrogens is 400 g/mol. The Morgan fingerprint density at radius 1 is 1.11 bits per heavy atom. The van der Waals surface area contributed by atoms with Gasteiger partial charge in [-0.05, 0) is 42.6 Å². The van der Waals surface area contributed by atoms with Gasteiger partial charge in [-0.25, -0.2) is 0 Å². The molecule has 2 aromatic carbocycles. The summed E-state index contributed by atoms with van der Waals surface area (Å²) >= 11 is 6.31. The summed E-state index contributed by atoms with van der Waals surface area (Å²) in [6.07, 6.45) is 2.97. The van der Waals surface area contributed by atoms with Crippen molar-refractivity contribution >= 4 is 46.5 Å². The number of hydrogen-bond acceptors (Lipinski definition) is 8. The third kappa shape index (κ3) is 4.10. The maximum absolute atomic E-state index is 12.6. The molecule has 3 rings (SSSR count). The van der Waals surface area contributed by atoms with E-state index in [4.69, 9.17) is 21.7 Å². The van der Waals surface area contributed by atoms with E-state index in [1.165, 1.54) is 37.6 Å². The van der Waals surface area contributed by atoms with Crippen molar-refractivity contribution in [2.75, 3.05) is 14.2 Å². The number of aromatic hydroxyl groups is 2. The van der Waals surface area contributed by atoms with Crippen molar-refractivity contribution in [3.8, 4) is 23.0 Å². The van der Waals surface area contributed by atoms with Gasteiger partial charge in [-0.1, -0.05) is 11.8 Å². The second-order valence-corrected chi connectivity index (χ2v) is 7.26. The standard InChI is InChI=1S/C19H16N2O5S2/c1-25-14-6-4-12(16(9-14)26-2)10-20-21-18(24)17(28-19(21)27)7-11-3-5-13(22)8-15(11)23/h3-10,22-23H,1-2H3/b17-7+,20-10+. The Labute approximate surface area is 170 Å². The Hall–Kier alpha value is -3.04. The Kier molecular flexibility index (Phi) is 5.86. The van der Waals surface area contributed by atoms with E-state index in [1.54, 1.807) is 25.3 Å². The highest BCUT2D eigenvalue weighted by atomic mass is 32.2. The number of rotatable bonds is 5. The van der Waals surface area contributed by atoms with E-state index in [1.807, 2.05) is 0 Å². The van der Waals surface area contributed by atoms with E-state index < -0.39 is 5.91 Å². The zero-order chi connectivity index (χ0) is 20.3. The molecule has 0 saturated carbocycles. The topological polar surface area (TPSA) is 91.6 Å². The molecule has 1 amide bonds. The average molecular weight is 416 g/mol. The number of phenolic OH excluding ortho intramolecular Hbond substituents is 2. The largest absolute Gasteiger partial charge is 0.508 e. The number of methoxy groups -OCH3 is 2. The van der Waals surface area contributed by atoms with Crippen LogP contribution in [0.2, 0.25) is 0 Å². The number of phenols is 2. The van der Waals surface area contributed by atoms with E-state index in [0.717, 1.165) is 16.8 Å². The summed E-state index contributed by atoms with van der Waals surface area (Å²) in [7, 11) is 3.08. The zero-order valence-electron chi connectivity index (χ0n) is 14.9. The molecule has 0 aliphatic carbocycles. The molecule has 1 aliphatic heterocycles. The molecular formula is C19H16N2O5S2. The van der Waals surface area contributed by atoms with Crippen LogP contribution in [0.1, 0.15) is 11.1 Å². The molecule has 144 valence electrons. The number of benzene rings is 2. The van der Waals surface area contributed by atoms with Gasteiger partial charge in [0, 0.05) is 23.3 Å². The monoisotopic (exact) mass is 416 g/mol. The number of thiocarbonyl (C=S) groups is 1. The molecule has 0 bridgehead atoms. The summed E-state index contributed by atoms with van der Waals surface area (Å²) in [4.78, 5) is 12.9. The molecule has 1 aliphatic rings. The molecule has 0 aromatic heterocycles. The van der Waals surface area contributed by atoms with Crippen molar-refractivity contribution in [1.29, 1.82) is 0 Å². The van der Waals surface area contributed by atoms with Gasteiger partial charge in [0.05, 0.1) is 25.3 Å². The molecule has 0 radical (unpaired) electrons. The average Bonchev–Trinajstić information content (AvgIpc) is 2.95. The second kappa shape index (κ2) is 8.32. The number of amides is 1. The van der Waals surface area contributed by atoms with Gasteiger partial charge in [0.25, 0.3) is 5.91 Å². The maximum Gasteiger partial charge on any atom is 0.286 e. The predicted molar refractivity (Wildman–Crippen MR) is 112 cm³/mol. The zero-order valence-corrected chi connectivity index (χ0v) is 16.6. The highest BCUT2D eigenvalue weighted by Gasteiger charge is 2.32. The summed E-state index contributed by atoms with van der Waals surface area (Å²) in [5, 5.41) is 24.6. The number of hydrazone groups is 1. The Morgan fingerprint density at radius 3 is 2.54 bits per heavy atom. The Bertz CT molecular complexity index is 1000. The minimum atomic E-state index is -0.411. The van der Waals surface area contributed by atoms with Crippen LogP contribution in [0.5, 0.6) is 23.0 Å². The van der Waals surface area contributed by atoms with Gasteiger partial charge in [0.1, 0.15) is 23.0 Å². The van der Waals surface area contributed by atoms with E-state index in [2.05, 4.69) is 5.10 Å². The third-order valence-corrected chi connectivity index (χ3v) is 5.11. The van der Waals surface area contributed by atoms with Crippen molar-refractivity contribution in [2.24, 2.45) is 5.10 Å². The van der Waals surface area contributed by atoms with Crippen molar-refractivity contribution in [1.82, 2.24) is 5.01 Å². The van der Waals surface area contributed by atoms with Crippen LogP contribution in [-0.4, -0.2) is 45.9 Å². The van der Waals surface area contributed by atoms with Crippen LogP contribution < -0.4 is 9.47 Å².